The van der Waals surface area contributed by atoms with E-state index in [1.807, 2.05) is 19.9 Å². The molecule has 0 saturated carbocycles. The van der Waals surface area contributed by atoms with Crippen LogP contribution in [0.2, 0.25) is 0 Å². The van der Waals surface area contributed by atoms with E-state index in [0.29, 0.717) is 6.42 Å². The molecule has 1 atom stereocenters. The van der Waals surface area contributed by atoms with E-state index in [9.17, 15) is 5.11 Å². The van der Waals surface area contributed by atoms with E-state index in [0.717, 1.165) is 29.8 Å². The predicted octanol–water partition coefficient (Wildman–Crippen LogP) is 3.25. The molecule has 19 heavy (non-hydrogen) atoms. The van der Waals surface area contributed by atoms with E-state index >= 15 is 0 Å². The summed E-state index contributed by atoms with van der Waals surface area (Å²) in [5.41, 5.74) is 2.67. The molecule has 0 radical (unpaired) electrons. The Hall–Kier alpha value is -1.26. The summed E-state index contributed by atoms with van der Waals surface area (Å²) in [5, 5.41) is 18.7. The molecule has 102 valence electrons. The maximum Gasteiger partial charge on any atom is 0.0857 e. The largest absolute Gasteiger partial charge is 0.388 e. The van der Waals surface area contributed by atoms with Crippen molar-refractivity contribution in [3.8, 4) is 0 Å². The molecule has 0 saturated heterocycles. The number of nitrogens with zero attached hydrogens (tertiary/aromatic N) is 2. The summed E-state index contributed by atoms with van der Waals surface area (Å²) in [7, 11) is 0. The summed E-state index contributed by atoms with van der Waals surface area (Å²) in [5.74, 6) is 0. The summed E-state index contributed by atoms with van der Waals surface area (Å²) < 4.78 is 0. The summed E-state index contributed by atoms with van der Waals surface area (Å²) in [6.07, 6.45) is 2.01. The van der Waals surface area contributed by atoms with Crippen molar-refractivity contribution in [2.45, 2.75) is 46.1 Å². The molecule has 2 rings (SSSR count). The van der Waals surface area contributed by atoms with Crippen LogP contribution in [0.25, 0.3) is 0 Å². The van der Waals surface area contributed by atoms with E-state index < -0.39 is 6.10 Å². The Balaban J connectivity index is 2.19. The highest BCUT2D eigenvalue weighted by atomic mass is 32.1. The van der Waals surface area contributed by atoms with Crippen molar-refractivity contribution in [3.63, 3.8) is 0 Å². The van der Waals surface area contributed by atoms with Crippen LogP contribution in [0, 0.1) is 6.92 Å². The number of rotatable bonds is 5. The van der Waals surface area contributed by atoms with Gasteiger partial charge in [-0.25, -0.2) is 0 Å². The first-order chi connectivity index (χ1) is 9.13. The van der Waals surface area contributed by atoms with Gasteiger partial charge in [-0.1, -0.05) is 13.8 Å². The van der Waals surface area contributed by atoms with Gasteiger partial charge in [0, 0.05) is 21.7 Å². The first-order valence-corrected chi connectivity index (χ1v) is 7.54. The van der Waals surface area contributed by atoms with E-state index in [1.54, 1.807) is 11.3 Å². The molecular formula is C15H20N2OS. The highest BCUT2D eigenvalue weighted by molar-refractivity contribution is 7.11. The smallest absolute Gasteiger partial charge is 0.0857 e. The fraction of sp³-hybridized carbons (Fsp3) is 0.467. The minimum atomic E-state index is -0.493. The third-order valence-corrected chi connectivity index (χ3v) is 4.43. The minimum absolute atomic E-state index is 0.493. The highest BCUT2D eigenvalue weighted by Gasteiger charge is 2.15. The fourth-order valence-corrected chi connectivity index (χ4v) is 3.11. The number of aliphatic hydroxyl groups is 1. The number of hydrogen-bond acceptors (Lipinski definition) is 4. The van der Waals surface area contributed by atoms with Gasteiger partial charge in [-0.3, -0.25) is 0 Å². The van der Waals surface area contributed by atoms with Crippen LogP contribution in [0.4, 0.5) is 0 Å². The zero-order valence-corrected chi connectivity index (χ0v) is 12.5. The first kappa shape index (κ1) is 14.2. The third kappa shape index (κ3) is 3.39. The molecule has 0 fully saturated rings. The van der Waals surface area contributed by atoms with Crippen LogP contribution in [-0.4, -0.2) is 15.3 Å². The molecule has 1 unspecified atom stereocenters. The van der Waals surface area contributed by atoms with Crippen molar-refractivity contribution in [2.75, 3.05) is 0 Å². The van der Waals surface area contributed by atoms with Gasteiger partial charge in [0.15, 0.2) is 0 Å². The second-order valence-electron chi connectivity index (χ2n) is 4.68. The van der Waals surface area contributed by atoms with Crippen LogP contribution in [-0.2, 0) is 19.3 Å². The van der Waals surface area contributed by atoms with Crippen LogP contribution in [0.1, 0.15) is 46.7 Å². The second-order valence-corrected chi connectivity index (χ2v) is 5.94. The lowest BCUT2D eigenvalue weighted by Gasteiger charge is -2.13. The average molecular weight is 276 g/mol. The van der Waals surface area contributed by atoms with Crippen molar-refractivity contribution in [2.24, 2.45) is 0 Å². The van der Waals surface area contributed by atoms with Crippen molar-refractivity contribution in [3.05, 3.63) is 44.9 Å². The topological polar surface area (TPSA) is 46.0 Å². The first-order valence-electron chi connectivity index (χ1n) is 6.72. The van der Waals surface area contributed by atoms with Crippen molar-refractivity contribution >= 4 is 11.3 Å². The summed E-state index contributed by atoms with van der Waals surface area (Å²) in [6.45, 7) is 6.09. The lowest BCUT2D eigenvalue weighted by molar-refractivity contribution is 0.177. The molecule has 0 aliphatic carbocycles. The molecule has 3 nitrogen and oxygen atoms in total. The van der Waals surface area contributed by atoms with Gasteiger partial charge in [0.25, 0.3) is 0 Å². The number of thiophene rings is 1. The number of aliphatic hydroxyl groups excluding tert-OH is 1. The molecule has 2 aromatic rings. The highest BCUT2D eigenvalue weighted by Crippen LogP contribution is 2.25. The fourth-order valence-electron chi connectivity index (χ4n) is 2.12. The van der Waals surface area contributed by atoms with Crippen molar-refractivity contribution in [1.82, 2.24) is 10.2 Å². The molecule has 0 aromatic carbocycles. The Morgan fingerprint density at radius 1 is 1.16 bits per heavy atom. The molecule has 2 heterocycles. The van der Waals surface area contributed by atoms with Gasteiger partial charge < -0.3 is 5.11 Å². The standard InChI is InChI=1S/C15H20N2OS/c1-4-11-6-7-12(19-11)9-15(18)13-8-10(3)16-17-14(13)5-2/h6-8,15,18H,4-5,9H2,1-3H3. The molecule has 1 N–H and O–H groups in total. The summed E-state index contributed by atoms with van der Waals surface area (Å²) in [6, 6.07) is 6.20. The van der Waals surface area contributed by atoms with Crippen molar-refractivity contribution in [1.29, 1.82) is 0 Å². The van der Waals surface area contributed by atoms with Gasteiger partial charge in [0.05, 0.1) is 17.5 Å². The Morgan fingerprint density at radius 2 is 1.89 bits per heavy atom. The molecule has 0 spiro atoms. The van der Waals surface area contributed by atoms with Gasteiger partial charge in [0.2, 0.25) is 0 Å². The van der Waals surface area contributed by atoms with Gasteiger partial charge in [-0.05, 0) is 38.0 Å². The molecule has 0 aliphatic rings. The van der Waals surface area contributed by atoms with E-state index in [2.05, 4.69) is 29.3 Å². The van der Waals surface area contributed by atoms with E-state index in [1.165, 1.54) is 9.75 Å². The third-order valence-electron chi connectivity index (χ3n) is 3.18. The minimum Gasteiger partial charge on any atom is -0.388 e. The molecule has 0 amide bonds. The zero-order chi connectivity index (χ0) is 13.8. The maximum atomic E-state index is 10.4. The Kier molecular flexibility index (Phi) is 4.66. The monoisotopic (exact) mass is 276 g/mol. The molecule has 4 heteroatoms. The Morgan fingerprint density at radius 3 is 2.53 bits per heavy atom. The Bertz CT molecular complexity index is 551. The quantitative estimate of drug-likeness (QED) is 0.912. The maximum absolute atomic E-state index is 10.4. The number of aryl methyl sites for hydroxylation is 3. The molecular weight excluding hydrogens is 256 g/mol. The average Bonchev–Trinajstić information content (AvgIpc) is 2.86. The molecule has 0 aliphatic heterocycles. The van der Waals surface area contributed by atoms with Crippen LogP contribution >= 0.6 is 11.3 Å². The van der Waals surface area contributed by atoms with E-state index in [4.69, 9.17) is 0 Å². The lowest BCUT2D eigenvalue weighted by Crippen LogP contribution is -2.08. The van der Waals surface area contributed by atoms with Crippen LogP contribution in [0.3, 0.4) is 0 Å². The SMILES string of the molecule is CCc1ccc(CC(O)c2cc(C)nnc2CC)s1. The molecule has 2 aromatic heterocycles. The molecule has 0 bridgehead atoms. The van der Waals surface area contributed by atoms with Crippen molar-refractivity contribution < 1.29 is 5.11 Å². The van der Waals surface area contributed by atoms with Gasteiger partial charge in [0.1, 0.15) is 0 Å². The van der Waals surface area contributed by atoms with Crippen LogP contribution in [0.5, 0.6) is 0 Å². The van der Waals surface area contributed by atoms with Gasteiger partial charge in [-0.15, -0.1) is 11.3 Å². The second kappa shape index (κ2) is 6.26. The normalized spacial score (nSPS) is 12.6. The zero-order valence-electron chi connectivity index (χ0n) is 11.7. The predicted molar refractivity (Wildman–Crippen MR) is 78.5 cm³/mol. The lowest BCUT2D eigenvalue weighted by atomic mass is 10.0. The van der Waals surface area contributed by atoms with Crippen LogP contribution in [0.15, 0.2) is 18.2 Å². The van der Waals surface area contributed by atoms with Crippen LogP contribution < -0.4 is 0 Å². The number of hydrogen-bond donors (Lipinski definition) is 1. The Labute approximate surface area is 118 Å². The number of aromatic nitrogens is 2. The summed E-state index contributed by atoms with van der Waals surface area (Å²) >= 11 is 1.78. The van der Waals surface area contributed by atoms with Gasteiger partial charge in [-0.2, -0.15) is 10.2 Å². The van der Waals surface area contributed by atoms with Gasteiger partial charge >= 0.3 is 0 Å². The summed E-state index contributed by atoms with van der Waals surface area (Å²) in [4.78, 5) is 2.59. The van der Waals surface area contributed by atoms with E-state index in [-0.39, 0.29) is 0 Å².